The summed E-state index contributed by atoms with van der Waals surface area (Å²) in [6.45, 7) is 6.52. The number of aliphatic hydroxyl groups excluding tert-OH is 1. The van der Waals surface area contributed by atoms with E-state index in [2.05, 4.69) is 18.3 Å². The first-order valence-electron chi connectivity index (χ1n) is 2.33. The van der Waals surface area contributed by atoms with E-state index in [1.165, 1.54) is 6.08 Å². The van der Waals surface area contributed by atoms with Gasteiger partial charge in [0.1, 0.15) is 5.76 Å². The van der Waals surface area contributed by atoms with Gasteiger partial charge in [-0.2, -0.15) is 0 Å². The van der Waals surface area contributed by atoms with Crippen LogP contribution in [0.1, 0.15) is 0 Å². The van der Waals surface area contributed by atoms with Crippen LogP contribution in [0.15, 0.2) is 29.1 Å². The Morgan fingerprint density at radius 2 is 2.33 bits per heavy atom. The molecule has 0 aromatic carbocycles. The normalized spacial score (nSPS) is 12.1. The first kappa shape index (κ1) is 8.24. The van der Waals surface area contributed by atoms with E-state index < -0.39 is 0 Å². The predicted molar refractivity (Wildman–Crippen MR) is 40.1 cm³/mol. The third-order valence-corrected chi connectivity index (χ3v) is 1.06. The number of alkyl halides is 1. The summed E-state index contributed by atoms with van der Waals surface area (Å²) in [6, 6.07) is 0. The maximum Gasteiger partial charge on any atom is 0.137 e. The van der Waals surface area contributed by atoms with Gasteiger partial charge >= 0.3 is 0 Å². The summed E-state index contributed by atoms with van der Waals surface area (Å²) >= 11 is 5.34. The summed E-state index contributed by atoms with van der Waals surface area (Å²) < 4.78 is 0. The van der Waals surface area contributed by atoms with E-state index in [4.69, 9.17) is 16.7 Å². The summed E-state index contributed by atoms with van der Waals surface area (Å²) in [5.74, 6) is 0.140. The van der Waals surface area contributed by atoms with E-state index in [0.717, 1.165) is 0 Å². The van der Waals surface area contributed by atoms with Crippen molar-refractivity contribution in [1.29, 1.82) is 0 Å². The lowest BCUT2D eigenvalue weighted by atomic mass is 10.4. The molecule has 1 N–H and O–H groups in total. The number of hydrogen-bond acceptors (Lipinski definition) is 2. The molecule has 0 fully saturated rings. The lowest BCUT2D eigenvalue weighted by Crippen LogP contribution is -1.85. The number of aliphatic imine (C=N–C) groups is 1. The average molecular weight is 146 g/mol. The Kier molecular flexibility index (Phi) is 3.80. The highest BCUT2D eigenvalue weighted by molar-refractivity contribution is 6.19. The van der Waals surface area contributed by atoms with Crippen LogP contribution in [0.3, 0.4) is 0 Å². The summed E-state index contributed by atoms with van der Waals surface area (Å²) in [4.78, 5) is 3.45. The topological polar surface area (TPSA) is 32.6 Å². The second kappa shape index (κ2) is 4.15. The van der Waals surface area contributed by atoms with E-state index in [0.29, 0.717) is 5.70 Å². The van der Waals surface area contributed by atoms with Gasteiger partial charge in [-0.3, -0.25) is 4.99 Å². The molecule has 0 radical (unpaired) electrons. The van der Waals surface area contributed by atoms with Crippen molar-refractivity contribution in [2.75, 3.05) is 5.88 Å². The van der Waals surface area contributed by atoms with Gasteiger partial charge in [-0.15, -0.1) is 11.6 Å². The quantitative estimate of drug-likeness (QED) is 0.280. The minimum absolute atomic E-state index is 0.0139. The maximum absolute atomic E-state index is 8.86. The zero-order valence-corrected chi connectivity index (χ0v) is 5.73. The predicted octanol–water partition coefficient (Wildman–Crippen LogP) is 1.88. The van der Waals surface area contributed by atoms with Gasteiger partial charge < -0.3 is 5.11 Å². The Morgan fingerprint density at radius 1 is 1.78 bits per heavy atom. The molecule has 0 amide bonds. The molecule has 0 atom stereocenters. The van der Waals surface area contributed by atoms with Gasteiger partial charge in [0, 0.05) is 0 Å². The third kappa shape index (κ3) is 2.33. The summed E-state index contributed by atoms with van der Waals surface area (Å²) in [5, 5.41) is 8.86. The molecular weight excluding hydrogens is 138 g/mol. The van der Waals surface area contributed by atoms with E-state index in [-0.39, 0.29) is 11.6 Å². The van der Waals surface area contributed by atoms with Gasteiger partial charge in [0.2, 0.25) is 0 Å². The smallest absolute Gasteiger partial charge is 0.137 e. The highest BCUT2D eigenvalue weighted by Gasteiger charge is 1.95. The lowest BCUT2D eigenvalue weighted by molar-refractivity contribution is 0.425. The molecule has 2 nitrogen and oxygen atoms in total. The van der Waals surface area contributed by atoms with Crippen molar-refractivity contribution in [2.24, 2.45) is 4.99 Å². The van der Waals surface area contributed by atoms with Crippen LogP contribution < -0.4 is 0 Å². The standard InChI is InChI=1S/C6H8ClNO/c1-3-6(9)5(4-7)8-2/h3,9H,1-2,4H2/b6-5+. The fourth-order valence-corrected chi connectivity index (χ4v) is 0.531. The maximum atomic E-state index is 8.86. The average Bonchev–Trinajstić information content (AvgIpc) is 1.90. The Morgan fingerprint density at radius 3 is 2.44 bits per heavy atom. The van der Waals surface area contributed by atoms with E-state index in [1.807, 2.05) is 0 Å². The highest BCUT2D eigenvalue weighted by atomic mass is 35.5. The van der Waals surface area contributed by atoms with Crippen LogP contribution in [0.25, 0.3) is 0 Å². The minimum Gasteiger partial charge on any atom is -0.506 e. The molecule has 0 saturated heterocycles. The van der Waals surface area contributed by atoms with Crippen molar-refractivity contribution < 1.29 is 5.11 Å². The number of halogens is 1. The lowest BCUT2D eigenvalue weighted by Gasteiger charge is -1.94. The number of allylic oxidation sites excluding steroid dienone is 2. The molecule has 9 heavy (non-hydrogen) atoms. The second-order valence-corrected chi connectivity index (χ2v) is 1.60. The fraction of sp³-hybridized carbons (Fsp3) is 0.167. The summed E-state index contributed by atoms with van der Waals surface area (Å²) in [7, 11) is 0. The Balaban J connectivity index is 4.36. The fourth-order valence-electron chi connectivity index (χ4n) is 0.310. The van der Waals surface area contributed by atoms with E-state index in [9.17, 15) is 0 Å². The van der Waals surface area contributed by atoms with Crippen LogP contribution in [-0.2, 0) is 0 Å². The van der Waals surface area contributed by atoms with Gasteiger partial charge in [0.15, 0.2) is 0 Å². The Hall–Kier alpha value is -0.760. The van der Waals surface area contributed by atoms with Gasteiger partial charge in [-0.25, -0.2) is 0 Å². The van der Waals surface area contributed by atoms with Crippen LogP contribution in [0.5, 0.6) is 0 Å². The highest BCUT2D eigenvalue weighted by Crippen LogP contribution is 2.04. The van der Waals surface area contributed by atoms with Crippen LogP contribution in [0.4, 0.5) is 0 Å². The zero-order chi connectivity index (χ0) is 7.28. The van der Waals surface area contributed by atoms with Crippen LogP contribution in [-0.4, -0.2) is 17.7 Å². The molecule has 0 aromatic rings. The molecule has 0 heterocycles. The third-order valence-electron chi connectivity index (χ3n) is 0.806. The van der Waals surface area contributed by atoms with Gasteiger partial charge in [0.05, 0.1) is 11.6 Å². The van der Waals surface area contributed by atoms with E-state index >= 15 is 0 Å². The first-order chi connectivity index (χ1) is 4.26. The molecule has 50 valence electrons. The Labute approximate surface area is 59.2 Å². The number of rotatable bonds is 3. The van der Waals surface area contributed by atoms with Crippen LogP contribution >= 0.6 is 11.6 Å². The van der Waals surface area contributed by atoms with Crippen molar-refractivity contribution in [3.8, 4) is 0 Å². The van der Waals surface area contributed by atoms with Crippen molar-refractivity contribution in [3.05, 3.63) is 24.1 Å². The largest absolute Gasteiger partial charge is 0.506 e. The van der Waals surface area contributed by atoms with Gasteiger partial charge in [-0.05, 0) is 12.8 Å². The molecule has 0 aliphatic carbocycles. The molecule has 0 spiro atoms. The minimum atomic E-state index is -0.0139. The molecule has 3 heteroatoms. The first-order valence-corrected chi connectivity index (χ1v) is 2.87. The van der Waals surface area contributed by atoms with Crippen molar-refractivity contribution in [3.63, 3.8) is 0 Å². The molecule has 0 aromatic heterocycles. The molecule has 0 bridgehead atoms. The van der Waals surface area contributed by atoms with E-state index in [1.54, 1.807) is 0 Å². The Bertz CT molecular complexity index is 151. The monoisotopic (exact) mass is 145 g/mol. The van der Waals surface area contributed by atoms with Crippen molar-refractivity contribution in [2.45, 2.75) is 0 Å². The molecule has 0 aliphatic rings. The van der Waals surface area contributed by atoms with Gasteiger partial charge in [0.25, 0.3) is 0 Å². The molecule has 0 unspecified atom stereocenters. The van der Waals surface area contributed by atoms with Gasteiger partial charge in [-0.1, -0.05) is 6.58 Å². The summed E-state index contributed by atoms with van der Waals surface area (Å²) in [5.41, 5.74) is 0.353. The number of aliphatic hydroxyl groups is 1. The molecule has 0 aliphatic heterocycles. The number of hydrogen-bond donors (Lipinski definition) is 1. The van der Waals surface area contributed by atoms with Crippen molar-refractivity contribution in [1.82, 2.24) is 0 Å². The second-order valence-electron chi connectivity index (χ2n) is 1.33. The zero-order valence-electron chi connectivity index (χ0n) is 4.97. The van der Waals surface area contributed by atoms with Crippen LogP contribution in [0.2, 0.25) is 0 Å². The van der Waals surface area contributed by atoms with Crippen LogP contribution in [0, 0.1) is 0 Å². The van der Waals surface area contributed by atoms with Crippen molar-refractivity contribution >= 4 is 18.3 Å². The molecule has 0 rings (SSSR count). The number of nitrogens with zero attached hydrogens (tertiary/aromatic N) is 1. The molecule has 0 saturated carbocycles. The molecular formula is C6H8ClNO. The summed E-state index contributed by atoms with van der Waals surface area (Å²) in [6.07, 6.45) is 1.27. The SMILES string of the molecule is C=C/C(O)=C(/CCl)N=C.